The van der Waals surface area contributed by atoms with Crippen molar-refractivity contribution in [2.75, 3.05) is 13.2 Å². The number of hydrogen-bond acceptors (Lipinski definition) is 3. The number of hydrogen-bond donors (Lipinski definition) is 1. The van der Waals surface area contributed by atoms with Crippen LogP contribution in [0, 0.1) is 5.92 Å². The van der Waals surface area contributed by atoms with Gasteiger partial charge in [-0.2, -0.15) is 0 Å². The van der Waals surface area contributed by atoms with E-state index < -0.39 is 0 Å². The number of benzene rings is 1. The van der Waals surface area contributed by atoms with E-state index in [0.717, 1.165) is 40.6 Å². The summed E-state index contributed by atoms with van der Waals surface area (Å²) in [5.41, 5.74) is 0.932. The molecule has 1 N–H and O–H groups in total. The predicted octanol–water partition coefficient (Wildman–Crippen LogP) is 2.90. The van der Waals surface area contributed by atoms with Crippen molar-refractivity contribution in [2.24, 2.45) is 5.92 Å². The first-order chi connectivity index (χ1) is 9.72. The summed E-state index contributed by atoms with van der Waals surface area (Å²) in [7, 11) is 0. The van der Waals surface area contributed by atoms with Gasteiger partial charge in [-0.05, 0) is 59.1 Å². The summed E-state index contributed by atoms with van der Waals surface area (Å²) in [5.74, 6) is 1.08. The van der Waals surface area contributed by atoms with Crippen molar-refractivity contribution in [3.05, 3.63) is 34.9 Å². The van der Waals surface area contributed by atoms with Gasteiger partial charge < -0.3 is 10.1 Å². The molecule has 3 rings (SSSR count). The Labute approximate surface area is 125 Å². The summed E-state index contributed by atoms with van der Waals surface area (Å²) in [5, 5.41) is 3.89. The maximum absolute atomic E-state index is 11.4. The number of halogens is 1. The molecule has 2 aromatic rings. The Morgan fingerprint density at radius 3 is 3.05 bits per heavy atom. The monoisotopic (exact) mass is 334 g/mol. The van der Waals surface area contributed by atoms with Gasteiger partial charge in [0.15, 0.2) is 0 Å². The van der Waals surface area contributed by atoms with Gasteiger partial charge in [-0.25, -0.2) is 4.98 Å². The van der Waals surface area contributed by atoms with Crippen LogP contribution in [0.2, 0.25) is 0 Å². The number of ether oxygens (including phenoxy) is 1. The number of carbonyl (C=O) groups excluding carboxylic acids is 1. The van der Waals surface area contributed by atoms with Gasteiger partial charge in [0.1, 0.15) is 10.4 Å². The molecule has 4 nitrogen and oxygen atoms in total. The Morgan fingerprint density at radius 1 is 1.35 bits per heavy atom. The lowest BCUT2D eigenvalue weighted by Gasteiger charge is -2.09. The number of amides is 1. The molecular formula is C15H15BrN2O2. The fraction of sp³-hybridized carbons (Fsp3) is 0.333. The first kappa shape index (κ1) is 13.4. The highest BCUT2D eigenvalue weighted by Gasteiger charge is 2.23. The summed E-state index contributed by atoms with van der Waals surface area (Å²) in [4.78, 5) is 15.8. The Hall–Kier alpha value is -1.62. The van der Waals surface area contributed by atoms with Crippen LogP contribution in [-0.2, 0) is 4.79 Å². The normalized spacial score (nSPS) is 18.2. The minimum Gasteiger partial charge on any atom is -0.494 e. The van der Waals surface area contributed by atoms with E-state index >= 15 is 0 Å². The zero-order chi connectivity index (χ0) is 13.9. The average Bonchev–Trinajstić information content (AvgIpc) is 2.85. The van der Waals surface area contributed by atoms with Gasteiger partial charge in [-0.1, -0.05) is 0 Å². The molecule has 5 heteroatoms. The van der Waals surface area contributed by atoms with Crippen LogP contribution in [-0.4, -0.2) is 24.0 Å². The standard InChI is InChI=1S/C15H15BrN2O2/c16-14-4-1-11-9-12(2-3-13(11)18-14)20-8-6-10-5-7-17-15(10)19/h1-4,9-10H,5-8H2,(H,17,19). The van der Waals surface area contributed by atoms with Gasteiger partial charge in [0, 0.05) is 17.8 Å². The molecule has 0 saturated carbocycles. The Balaban J connectivity index is 1.63. The molecule has 104 valence electrons. The second-order valence-corrected chi connectivity index (χ2v) is 5.71. The number of carbonyl (C=O) groups is 1. The number of aromatic nitrogens is 1. The van der Waals surface area contributed by atoms with Crippen LogP contribution in [0.4, 0.5) is 0 Å². The summed E-state index contributed by atoms with van der Waals surface area (Å²) >= 11 is 3.36. The van der Waals surface area contributed by atoms with E-state index in [9.17, 15) is 4.79 Å². The number of pyridine rings is 1. The van der Waals surface area contributed by atoms with E-state index in [-0.39, 0.29) is 11.8 Å². The quantitative estimate of drug-likeness (QED) is 0.874. The van der Waals surface area contributed by atoms with Crippen molar-refractivity contribution in [3.63, 3.8) is 0 Å². The third kappa shape index (κ3) is 2.93. The highest BCUT2D eigenvalue weighted by Crippen LogP contribution is 2.22. The number of nitrogens with one attached hydrogen (secondary N) is 1. The molecule has 0 aliphatic carbocycles. The molecule has 1 unspecified atom stereocenters. The minimum atomic E-state index is 0.105. The lowest BCUT2D eigenvalue weighted by Crippen LogP contribution is -2.20. The number of nitrogens with zero attached hydrogens (tertiary/aromatic N) is 1. The lowest BCUT2D eigenvalue weighted by molar-refractivity contribution is -0.122. The summed E-state index contributed by atoms with van der Waals surface area (Å²) < 4.78 is 6.56. The van der Waals surface area contributed by atoms with E-state index in [1.54, 1.807) is 0 Å². The lowest BCUT2D eigenvalue weighted by atomic mass is 10.1. The molecule has 1 atom stereocenters. The van der Waals surface area contributed by atoms with Crippen LogP contribution < -0.4 is 10.1 Å². The van der Waals surface area contributed by atoms with Crippen molar-refractivity contribution >= 4 is 32.7 Å². The van der Waals surface area contributed by atoms with E-state index in [1.165, 1.54) is 0 Å². The van der Waals surface area contributed by atoms with Gasteiger partial charge in [-0.15, -0.1) is 0 Å². The average molecular weight is 335 g/mol. The van der Waals surface area contributed by atoms with E-state index in [0.29, 0.717) is 6.61 Å². The van der Waals surface area contributed by atoms with Crippen molar-refractivity contribution in [3.8, 4) is 5.75 Å². The SMILES string of the molecule is O=C1NCCC1CCOc1ccc2nc(Br)ccc2c1. The van der Waals surface area contributed by atoms with Crippen LogP contribution >= 0.6 is 15.9 Å². The molecule has 1 fully saturated rings. The van der Waals surface area contributed by atoms with Crippen LogP contribution in [0.25, 0.3) is 10.9 Å². The third-order valence-corrected chi connectivity index (χ3v) is 3.97. The third-order valence-electron chi connectivity index (χ3n) is 3.52. The summed E-state index contributed by atoms with van der Waals surface area (Å²) in [6, 6.07) is 9.75. The fourth-order valence-electron chi connectivity index (χ4n) is 2.41. The smallest absolute Gasteiger partial charge is 0.223 e. The molecule has 1 aromatic carbocycles. The molecule has 0 bridgehead atoms. The summed E-state index contributed by atoms with van der Waals surface area (Å²) in [6.07, 6.45) is 1.68. The van der Waals surface area contributed by atoms with Gasteiger partial charge in [0.25, 0.3) is 0 Å². The van der Waals surface area contributed by atoms with Crippen molar-refractivity contribution < 1.29 is 9.53 Å². The molecule has 1 saturated heterocycles. The van der Waals surface area contributed by atoms with Crippen LogP contribution in [0.1, 0.15) is 12.8 Å². The van der Waals surface area contributed by atoms with Gasteiger partial charge in [-0.3, -0.25) is 4.79 Å². The molecular weight excluding hydrogens is 320 g/mol. The first-order valence-electron chi connectivity index (χ1n) is 6.69. The molecule has 0 spiro atoms. The number of fused-ring (bicyclic) bond motifs is 1. The molecule has 0 radical (unpaired) electrons. The molecule has 1 aliphatic rings. The van der Waals surface area contributed by atoms with E-state index in [2.05, 4.69) is 26.2 Å². The summed E-state index contributed by atoms with van der Waals surface area (Å²) in [6.45, 7) is 1.35. The van der Waals surface area contributed by atoms with E-state index in [4.69, 9.17) is 4.74 Å². The zero-order valence-electron chi connectivity index (χ0n) is 10.9. The van der Waals surface area contributed by atoms with E-state index in [1.807, 2.05) is 30.3 Å². The minimum absolute atomic E-state index is 0.105. The maximum Gasteiger partial charge on any atom is 0.223 e. The molecule has 1 aliphatic heterocycles. The van der Waals surface area contributed by atoms with Crippen molar-refractivity contribution in [1.29, 1.82) is 0 Å². The number of rotatable bonds is 4. The van der Waals surface area contributed by atoms with Gasteiger partial charge in [0.2, 0.25) is 5.91 Å². The van der Waals surface area contributed by atoms with Crippen molar-refractivity contribution in [2.45, 2.75) is 12.8 Å². The molecule has 2 heterocycles. The highest BCUT2D eigenvalue weighted by atomic mass is 79.9. The second kappa shape index (κ2) is 5.79. The Bertz CT molecular complexity index is 645. The topological polar surface area (TPSA) is 51.2 Å². The predicted molar refractivity (Wildman–Crippen MR) is 80.7 cm³/mol. The van der Waals surface area contributed by atoms with Gasteiger partial charge >= 0.3 is 0 Å². The van der Waals surface area contributed by atoms with Crippen LogP contribution in [0.3, 0.4) is 0 Å². The maximum atomic E-state index is 11.4. The molecule has 1 amide bonds. The Kier molecular flexibility index (Phi) is 3.87. The zero-order valence-corrected chi connectivity index (χ0v) is 12.5. The highest BCUT2D eigenvalue weighted by molar-refractivity contribution is 9.10. The largest absolute Gasteiger partial charge is 0.494 e. The molecule has 1 aromatic heterocycles. The first-order valence-corrected chi connectivity index (χ1v) is 7.48. The fourth-order valence-corrected chi connectivity index (χ4v) is 2.73. The molecule has 20 heavy (non-hydrogen) atoms. The van der Waals surface area contributed by atoms with Crippen LogP contribution in [0.15, 0.2) is 34.9 Å². The second-order valence-electron chi connectivity index (χ2n) is 4.90. The van der Waals surface area contributed by atoms with Gasteiger partial charge in [0.05, 0.1) is 12.1 Å². The Morgan fingerprint density at radius 2 is 2.25 bits per heavy atom. The van der Waals surface area contributed by atoms with Crippen molar-refractivity contribution in [1.82, 2.24) is 10.3 Å². The van der Waals surface area contributed by atoms with Crippen LogP contribution in [0.5, 0.6) is 5.75 Å².